The summed E-state index contributed by atoms with van der Waals surface area (Å²) in [6.45, 7) is 1.71. The fraction of sp³-hybridized carbons (Fsp3) is 0.0909. The van der Waals surface area contributed by atoms with E-state index in [1.807, 2.05) is 0 Å². The summed E-state index contributed by atoms with van der Waals surface area (Å²) in [4.78, 5) is 8.15. The first-order valence-corrected chi connectivity index (χ1v) is 5.51. The zero-order chi connectivity index (χ0) is 13.1. The number of hydrogen-bond donors (Lipinski definition) is 3. The molecule has 0 saturated heterocycles. The van der Waals surface area contributed by atoms with Gasteiger partial charge in [-0.2, -0.15) is 0 Å². The highest BCUT2D eigenvalue weighted by molar-refractivity contribution is 6.31. The number of nitrogen functional groups attached to an aromatic ring is 1. The molecule has 1 heterocycles. The van der Waals surface area contributed by atoms with E-state index in [9.17, 15) is 4.39 Å². The van der Waals surface area contributed by atoms with Gasteiger partial charge in [-0.15, -0.1) is 0 Å². The minimum atomic E-state index is -0.530. The molecule has 1 aromatic carbocycles. The first kappa shape index (κ1) is 12.5. The van der Waals surface area contributed by atoms with E-state index in [2.05, 4.69) is 20.7 Å². The van der Waals surface area contributed by atoms with Crippen molar-refractivity contribution in [2.75, 3.05) is 10.7 Å². The number of aryl methyl sites for hydroxylation is 1. The second-order valence-corrected chi connectivity index (χ2v) is 3.96. The predicted molar refractivity (Wildman–Crippen MR) is 69.3 cm³/mol. The van der Waals surface area contributed by atoms with Crippen molar-refractivity contribution in [2.45, 2.75) is 6.92 Å². The predicted octanol–water partition coefficient (Wildman–Crippen LogP) is 2.61. The number of nitrogens with one attached hydrogen (secondary N) is 2. The maximum atomic E-state index is 13.7. The molecule has 4 N–H and O–H groups in total. The van der Waals surface area contributed by atoms with Gasteiger partial charge in [-0.3, -0.25) is 0 Å². The third-order valence-electron chi connectivity index (χ3n) is 2.20. The molecule has 5 nitrogen and oxygen atoms in total. The molecule has 0 atom stereocenters. The molecule has 0 aliphatic rings. The zero-order valence-electron chi connectivity index (χ0n) is 9.54. The molecular weight excluding hydrogens is 257 g/mol. The summed E-state index contributed by atoms with van der Waals surface area (Å²) < 4.78 is 13.7. The second kappa shape index (κ2) is 5.16. The van der Waals surface area contributed by atoms with Gasteiger partial charge in [-0.05, 0) is 19.1 Å². The van der Waals surface area contributed by atoms with Crippen LogP contribution in [0.4, 0.5) is 21.7 Å². The number of benzene rings is 1. The van der Waals surface area contributed by atoms with Gasteiger partial charge < -0.3 is 10.7 Å². The summed E-state index contributed by atoms with van der Waals surface area (Å²) in [5.41, 5.74) is 2.65. The van der Waals surface area contributed by atoms with E-state index in [1.54, 1.807) is 25.1 Å². The SMILES string of the molecule is Cc1nc(NN)cc(Nc2cccc(Cl)c2F)n1. The summed E-state index contributed by atoms with van der Waals surface area (Å²) in [6.07, 6.45) is 0. The van der Waals surface area contributed by atoms with Crippen molar-refractivity contribution in [3.05, 3.63) is 40.9 Å². The Morgan fingerprint density at radius 3 is 2.72 bits per heavy atom. The van der Waals surface area contributed by atoms with Gasteiger partial charge in [0.1, 0.15) is 17.5 Å². The Kier molecular flexibility index (Phi) is 3.59. The van der Waals surface area contributed by atoms with E-state index in [-0.39, 0.29) is 10.7 Å². The molecule has 0 unspecified atom stereocenters. The van der Waals surface area contributed by atoms with Crippen LogP contribution in [0.25, 0.3) is 0 Å². The highest BCUT2D eigenvalue weighted by Gasteiger charge is 2.08. The van der Waals surface area contributed by atoms with E-state index < -0.39 is 5.82 Å². The Morgan fingerprint density at radius 2 is 2.00 bits per heavy atom. The highest BCUT2D eigenvalue weighted by atomic mass is 35.5. The molecule has 2 rings (SSSR count). The van der Waals surface area contributed by atoms with Crippen molar-refractivity contribution < 1.29 is 4.39 Å². The zero-order valence-corrected chi connectivity index (χ0v) is 10.3. The van der Waals surface area contributed by atoms with Crippen LogP contribution in [-0.4, -0.2) is 9.97 Å². The lowest BCUT2D eigenvalue weighted by Gasteiger charge is -2.09. The number of aromatic nitrogens is 2. The molecule has 7 heteroatoms. The number of nitrogens with two attached hydrogens (primary N) is 1. The Labute approximate surface area is 108 Å². The van der Waals surface area contributed by atoms with Gasteiger partial charge in [0.2, 0.25) is 0 Å². The van der Waals surface area contributed by atoms with Gasteiger partial charge in [-0.1, -0.05) is 17.7 Å². The van der Waals surface area contributed by atoms with Crippen LogP contribution in [0.3, 0.4) is 0 Å². The third-order valence-corrected chi connectivity index (χ3v) is 2.49. The van der Waals surface area contributed by atoms with E-state index >= 15 is 0 Å². The molecule has 0 aliphatic heterocycles. The monoisotopic (exact) mass is 267 g/mol. The highest BCUT2D eigenvalue weighted by Crippen LogP contribution is 2.25. The summed E-state index contributed by atoms with van der Waals surface area (Å²) >= 11 is 5.69. The largest absolute Gasteiger partial charge is 0.338 e. The smallest absolute Gasteiger partial charge is 0.165 e. The minimum Gasteiger partial charge on any atom is -0.338 e. The molecule has 0 aliphatic carbocycles. The molecule has 0 spiro atoms. The van der Waals surface area contributed by atoms with Crippen molar-refractivity contribution in [1.29, 1.82) is 0 Å². The van der Waals surface area contributed by atoms with Gasteiger partial charge in [0.15, 0.2) is 5.82 Å². The molecule has 0 bridgehead atoms. The van der Waals surface area contributed by atoms with Crippen molar-refractivity contribution >= 4 is 28.9 Å². The van der Waals surface area contributed by atoms with Crippen LogP contribution in [0.5, 0.6) is 0 Å². The van der Waals surface area contributed by atoms with E-state index in [0.29, 0.717) is 17.5 Å². The molecule has 0 radical (unpaired) electrons. The summed E-state index contributed by atoms with van der Waals surface area (Å²) in [7, 11) is 0. The molecule has 2 aromatic rings. The van der Waals surface area contributed by atoms with E-state index in [4.69, 9.17) is 17.4 Å². The number of anilines is 3. The number of nitrogens with zero attached hydrogens (tertiary/aromatic N) is 2. The Hall–Kier alpha value is -1.92. The summed E-state index contributed by atoms with van der Waals surface area (Å²) in [5.74, 6) is 6.12. The fourth-order valence-electron chi connectivity index (χ4n) is 1.44. The third kappa shape index (κ3) is 2.66. The molecule has 0 amide bonds. The average molecular weight is 268 g/mol. The van der Waals surface area contributed by atoms with Crippen molar-refractivity contribution in [3.8, 4) is 0 Å². The topological polar surface area (TPSA) is 75.9 Å². The molecular formula is C11H11ClFN5. The van der Waals surface area contributed by atoms with E-state index in [0.717, 1.165) is 0 Å². The number of hydrogen-bond acceptors (Lipinski definition) is 5. The average Bonchev–Trinajstić information content (AvgIpc) is 2.34. The number of halogens is 2. The van der Waals surface area contributed by atoms with Crippen LogP contribution < -0.4 is 16.6 Å². The molecule has 18 heavy (non-hydrogen) atoms. The number of rotatable bonds is 3. The normalized spacial score (nSPS) is 10.2. The van der Waals surface area contributed by atoms with E-state index in [1.165, 1.54) is 6.07 Å². The molecule has 1 aromatic heterocycles. The molecule has 94 valence electrons. The second-order valence-electron chi connectivity index (χ2n) is 3.56. The van der Waals surface area contributed by atoms with Crippen molar-refractivity contribution in [2.24, 2.45) is 5.84 Å². The number of hydrazine groups is 1. The van der Waals surface area contributed by atoms with Crippen LogP contribution >= 0.6 is 11.6 Å². The van der Waals surface area contributed by atoms with Crippen molar-refractivity contribution in [1.82, 2.24) is 9.97 Å². The standard InChI is InChI=1S/C11H11ClFN5/c1-6-15-9(5-10(16-6)18-14)17-8-4-2-3-7(12)11(8)13/h2-5H,14H2,1H3,(H2,15,16,17,18). The lowest BCUT2D eigenvalue weighted by atomic mass is 10.3. The van der Waals surface area contributed by atoms with Gasteiger partial charge in [0.05, 0.1) is 10.7 Å². The van der Waals surface area contributed by atoms with Crippen LogP contribution in [0.1, 0.15) is 5.82 Å². The van der Waals surface area contributed by atoms with Crippen LogP contribution in [0, 0.1) is 12.7 Å². The first-order valence-electron chi connectivity index (χ1n) is 5.13. The summed E-state index contributed by atoms with van der Waals surface area (Å²) in [5, 5.41) is 2.87. The maximum absolute atomic E-state index is 13.7. The fourth-order valence-corrected chi connectivity index (χ4v) is 1.62. The minimum absolute atomic E-state index is 0.0444. The summed E-state index contributed by atoms with van der Waals surface area (Å²) in [6, 6.07) is 6.24. The van der Waals surface area contributed by atoms with Gasteiger partial charge in [0, 0.05) is 6.07 Å². The van der Waals surface area contributed by atoms with Gasteiger partial charge in [0.25, 0.3) is 0 Å². The van der Waals surface area contributed by atoms with Crippen LogP contribution in [0.2, 0.25) is 5.02 Å². The van der Waals surface area contributed by atoms with Gasteiger partial charge >= 0.3 is 0 Å². The lowest BCUT2D eigenvalue weighted by Crippen LogP contribution is -2.10. The first-order chi connectivity index (χ1) is 8.60. The van der Waals surface area contributed by atoms with Crippen molar-refractivity contribution in [3.63, 3.8) is 0 Å². The lowest BCUT2D eigenvalue weighted by molar-refractivity contribution is 0.632. The Balaban J connectivity index is 2.34. The molecule has 0 saturated carbocycles. The van der Waals surface area contributed by atoms with Gasteiger partial charge in [-0.25, -0.2) is 20.2 Å². The van der Waals surface area contributed by atoms with Crippen LogP contribution in [0.15, 0.2) is 24.3 Å². The molecule has 0 fully saturated rings. The van der Waals surface area contributed by atoms with Crippen LogP contribution in [-0.2, 0) is 0 Å². The maximum Gasteiger partial charge on any atom is 0.165 e. The Bertz CT molecular complexity index is 575. The quantitative estimate of drug-likeness (QED) is 0.589. The Morgan fingerprint density at radius 1 is 1.28 bits per heavy atom.